The van der Waals surface area contributed by atoms with Gasteiger partial charge in [0.05, 0.1) is 0 Å². The molecule has 1 aliphatic carbocycles. The van der Waals surface area contributed by atoms with Crippen molar-refractivity contribution in [2.75, 3.05) is 0 Å². The van der Waals surface area contributed by atoms with Gasteiger partial charge in [0.25, 0.3) is 0 Å². The molecule has 2 nitrogen and oxygen atoms in total. The topological polar surface area (TPSA) is 26.3 Å². The highest BCUT2D eigenvalue weighted by Crippen LogP contribution is 2.48. The maximum atomic E-state index is 6.60. The Morgan fingerprint density at radius 2 is 0.966 bits per heavy atom. The zero-order valence-electron chi connectivity index (χ0n) is 31.8. The third-order valence-electron chi connectivity index (χ3n) is 12.3. The minimum Gasteiger partial charge on any atom is -0.456 e. The molecule has 3 heteroatoms. The molecule has 3 heterocycles. The molecule has 0 bridgehead atoms. The van der Waals surface area contributed by atoms with E-state index < -0.39 is 0 Å². The molecule has 1 aliphatic rings. The average molecular weight is 761 g/mol. The molecule has 58 heavy (non-hydrogen) atoms. The van der Waals surface area contributed by atoms with Crippen LogP contribution in [0.4, 0.5) is 0 Å². The van der Waals surface area contributed by atoms with Crippen LogP contribution in [0.5, 0.6) is 0 Å². The number of para-hydroxylation sites is 1. The molecule has 0 saturated carbocycles. The maximum Gasteiger partial charge on any atom is 0.136 e. The maximum absolute atomic E-state index is 6.60. The van der Waals surface area contributed by atoms with Crippen LogP contribution in [0.2, 0.25) is 0 Å². The van der Waals surface area contributed by atoms with Gasteiger partial charge in [-0.1, -0.05) is 128 Å². The van der Waals surface area contributed by atoms with Gasteiger partial charge >= 0.3 is 0 Å². The van der Waals surface area contributed by atoms with Gasteiger partial charge < -0.3 is 8.83 Å². The van der Waals surface area contributed by atoms with Gasteiger partial charge in [0, 0.05) is 47.6 Å². The van der Waals surface area contributed by atoms with Crippen LogP contribution < -0.4 is 0 Å². The number of hydrogen-bond acceptors (Lipinski definition) is 3. The lowest BCUT2D eigenvalue weighted by Crippen LogP contribution is -2.12. The summed E-state index contributed by atoms with van der Waals surface area (Å²) in [6, 6.07) is 61.5. The van der Waals surface area contributed by atoms with Crippen LogP contribution in [0.3, 0.4) is 0 Å². The number of allylic oxidation sites excluding steroid dienone is 4. The summed E-state index contributed by atoms with van der Waals surface area (Å²) in [4.78, 5) is 0. The van der Waals surface area contributed by atoms with E-state index in [-0.39, 0.29) is 0 Å². The van der Waals surface area contributed by atoms with Gasteiger partial charge in [-0.05, 0) is 123 Å². The van der Waals surface area contributed by atoms with Crippen LogP contribution in [-0.2, 0) is 0 Å². The van der Waals surface area contributed by atoms with E-state index in [0.29, 0.717) is 11.8 Å². The van der Waals surface area contributed by atoms with E-state index in [1.165, 1.54) is 75.5 Å². The smallest absolute Gasteiger partial charge is 0.136 e. The molecular formula is C55H36O2S. The predicted molar refractivity (Wildman–Crippen MR) is 246 cm³/mol. The van der Waals surface area contributed by atoms with Crippen molar-refractivity contribution in [3.8, 4) is 33.4 Å². The number of thiophene rings is 1. The zero-order chi connectivity index (χ0) is 38.3. The van der Waals surface area contributed by atoms with Crippen LogP contribution in [-0.4, -0.2) is 0 Å². The highest BCUT2D eigenvalue weighted by Gasteiger charge is 2.25. The van der Waals surface area contributed by atoms with Crippen molar-refractivity contribution in [3.63, 3.8) is 0 Å². The molecule has 11 aromatic rings. The Kier molecular flexibility index (Phi) is 7.48. The Morgan fingerprint density at radius 3 is 1.71 bits per heavy atom. The van der Waals surface area contributed by atoms with E-state index >= 15 is 0 Å². The molecule has 3 aromatic heterocycles. The normalized spacial score (nSPS) is 15.7. The summed E-state index contributed by atoms with van der Waals surface area (Å²) in [5.41, 5.74) is 14.8. The molecule has 0 spiro atoms. The molecule has 0 radical (unpaired) electrons. The summed E-state index contributed by atoms with van der Waals surface area (Å²) in [5, 5.41) is 7.14. The van der Waals surface area contributed by atoms with Gasteiger partial charge in [-0.25, -0.2) is 0 Å². The van der Waals surface area contributed by atoms with Crippen LogP contribution in [0.25, 0.3) is 103 Å². The number of rotatable bonds is 5. The molecule has 8 aromatic carbocycles. The molecule has 0 saturated heterocycles. The average Bonchev–Trinajstić information content (AvgIpc) is 3.98. The van der Waals surface area contributed by atoms with Crippen molar-refractivity contribution in [2.24, 2.45) is 5.92 Å². The van der Waals surface area contributed by atoms with Gasteiger partial charge in [-0.15, -0.1) is 11.3 Å². The molecule has 2 unspecified atom stereocenters. The van der Waals surface area contributed by atoms with Crippen LogP contribution in [0, 0.1) is 5.92 Å². The van der Waals surface area contributed by atoms with Crippen molar-refractivity contribution in [1.29, 1.82) is 0 Å². The fourth-order valence-corrected chi connectivity index (χ4v) is 10.8. The molecule has 0 N–H and O–H groups in total. The second-order valence-corrected chi connectivity index (χ2v) is 16.6. The molecule has 12 rings (SSSR count). The first-order valence-electron chi connectivity index (χ1n) is 20.0. The van der Waals surface area contributed by atoms with Crippen LogP contribution in [0.1, 0.15) is 24.0 Å². The van der Waals surface area contributed by atoms with Gasteiger partial charge in [-0.2, -0.15) is 0 Å². The summed E-state index contributed by atoms with van der Waals surface area (Å²) in [6.45, 7) is 2.37. The lowest BCUT2D eigenvalue weighted by molar-refractivity contribution is 0.653. The van der Waals surface area contributed by atoms with Crippen molar-refractivity contribution in [3.05, 3.63) is 199 Å². The lowest BCUT2D eigenvalue weighted by atomic mass is 9.76. The first-order chi connectivity index (χ1) is 28.6. The quantitative estimate of drug-likeness (QED) is 0.175. The van der Waals surface area contributed by atoms with Crippen LogP contribution >= 0.6 is 11.3 Å². The lowest BCUT2D eigenvalue weighted by Gasteiger charge is -2.28. The third kappa shape index (κ3) is 5.24. The second-order valence-electron chi connectivity index (χ2n) is 15.6. The fraction of sp³-hybridized carbons (Fsp3) is 0.0545. The van der Waals surface area contributed by atoms with E-state index in [9.17, 15) is 0 Å². The highest BCUT2D eigenvalue weighted by molar-refractivity contribution is 7.27. The summed E-state index contributed by atoms with van der Waals surface area (Å²) in [6.07, 6.45) is 6.91. The van der Waals surface area contributed by atoms with Crippen molar-refractivity contribution >= 4 is 81.0 Å². The zero-order valence-corrected chi connectivity index (χ0v) is 32.6. The van der Waals surface area contributed by atoms with Gasteiger partial charge in [-0.3, -0.25) is 0 Å². The van der Waals surface area contributed by atoms with Gasteiger partial charge in [0.1, 0.15) is 22.3 Å². The Balaban J connectivity index is 1.05. The highest BCUT2D eigenvalue weighted by atomic mass is 32.1. The molecule has 274 valence electrons. The Hall–Kier alpha value is -6.94. The second kappa shape index (κ2) is 13.1. The third-order valence-corrected chi connectivity index (χ3v) is 13.5. The van der Waals surface area contributed by atoms with Crippen molar-refractivity contribution < 1.29 is 8.83 Å². The summed E-state index contributed by atoms with van der Waals surface area (Å²) in [5.74, 6) is 0.597. The Bertz CT molecular complexity index is 3470. The van der Waals surface area contributed by atoms with E-state index in [2.05, 4.69) is 189 Å². The standard InChI is InChI=1S/C55H36O2S/c1-33-42(35-14-6-3-7-15-35)19-11-20-43(33)41-30-39(37-17-10-16-36(28-37)34-12-4-2-5-13-34)29-40(31-41)38-22-25-49-47(32-38)53-51(57-49)27-24-45-44-23-26-50-52(54(44)58-55(45)53)46-18-8-9-21-48(46)56-50/h2-33,42H,1H3. The number of hydrogen-bond donors (Lipinski definition) is 0. The Labute approximate surface area is 339 Å². The first kappa shape index (κ1) is 33.2. The molecule has 2 atom stereocenters. The number of benzene rings is 8. The van der Waals surface area contributed by atoms with E-state index in [1.54, 1.807) is 0 Å². The van der Waals surface area contributed by atoms with E-state index in [1.807, 2.05) is 17.4 Å². The largest absolute Gasteiger partial charge is 0.456 e. The number of fused-ring (bicyclic) bond motifs is 11. The minimum absolute atomic E-state index is 0.298. The van der Waals surface area contributed by atoms with E-state index in [4.69, 9.17) is 8.83 Å². The fourth-order valence-electron chi connectivity index (χ4n) is 9.40. The molecule has 0 aliphatic heterocycles. The SMILES string of the molecule is CC1C(c2cc(-c3cccc(-c4ccccc4)c3)cc(-c3ccc4oc5ccc6c7ccc8oc9ccccc9c8c7sc6c5c4c3)c2)=CC=CC1c1ccccc1. The minimum atomic E-state index is 0.298. The Morgan fingerprint density at radius 1 is 0.414 bits per heavy atom. The van der Waals surface area contributed by atoms with Crippen LogP contribution in [0.15, 0.2) is 197 Å². The summed E-state index contributed by atoms with van der Waals surface area (Å²) in [7, 11) is 0. The van der Waals surface area contributed by atoms with Crippen molar-refractivity contribution in [1.82, 2.24) is 0 Å². The first-order valence-corrected chi connectivity index (χ1v) is 20.8. The summed E-state index contributed by atoms with van der Waals surface area (Å²) >= 11 is 1.85. The predicted octanol–water partition coefficient (Wildman–Crippen LogP) is 16.2. The summed E-state index contributed by atoms with van der Waals surface area (Å²) < 4.78 is 15.4. The van der Waals surface area contributed by atoms with E-state index in [0.717, 1.165) is 38.7 Å². The van der Waals surface area contributed by atoms with Crippen molar-refractivity contribution in [2.45, 2.75) is 12.8 Å². The monoisotopic (exact) mass is 760 g/mol. The molecular weight excluding hydrogens is 725 g/mol. The molecule has 0 amide bonds. The van der Waals surface area contributed by atoms with Gasteiger partial charge in [0.2, 0.25) is 0 Å². The molecule has 0 fully saturated rings. The number of furan rings is 2. The van der Waals surface area contributed by atoms with Gasteiger partial charge in [0.15, 0.2) is 0 Å².